The van der Waals surface area contributed by atoms with Gasteiger partial charge in [0.25, 0.3) is 0 Å². The van der Waals surface area contributed by atoms with Gasteiger partial charge in [-0.05, 0) is 43.7 Å². The van der Waals surface area contributed by atoms with E-state index in [2.05, 4.69) is 35.2 Å². The van der Waals surface area contributed by atoms with Crippen molar-refractivity contribution in [1.82, 2.24) is 4.90 Å². The molecule has 102 valence electrons. The van der Waals surface area contributed by atoms with Gasteiger partial charge in [0.15, 0.2) is 0 Å². The third-order valence-electron chi connectivity index (χ3n) is 4.08. The van der Waals surface area contributed by atoms with E-state index >= 15 is 0 Å². The van der Waals surface area contributed by atoms with E-state index in [1.54, 1.807) is 0 Å². The van der Waals surface area contributed by atoms with Gasteiger partial charge < -0.3 is 4.90 Å². The molecule has 1 aliphatic carbocycles. The Morgan fingerprint density at radius 3 is 2.42 bits per heavy atom. The number of amides is 1. The zero-order chi connectivity index (χ0) is 13.1. The van der Waals surface area contributed by atoms with Gasteiger partial charge in [-0.3, -0.25) is 4.79 Å². The Morgan fingerprint density at radius 2 is 1.79 bits per heavy atom. The van der Waals surface area contributed by atoms with Gasteiger partial charge in [0.2, 0.25) is 5.91 Å². The molecule has 1 aromatic rings. The third kappa shape index (κ3) is 3.53. The zero-order valence-corrected chi connectivity index (χ0v) is 12.1. The lowest BCUT2D eigenvalue weighted by Crippen LogP contribution is -2.39. The van der Waals surface area contributed by atoms with Crippen LogP contribution in [0.2, 0.25) is 0 Å². The van der Waals surface area contributed by atoms with Gasteiger partial charge in [-0.1, -0.05) is 18.2 Å². The normalized spacial score (nSPS) is 20.5. The summed E-state index contributed by atoms with van der Waals surface area (Å²) < 4.78 is 0. The molecule has 3 rings (SSSR count). The summed E-state index contributed by atoms with van der Waals surface area (Å²) in [7, 11) is 0. The van der Waals surface area contributed by atoms with Crippen molar-refractivity contribution in [3.63, 3.8) is 0 Å². The Kier molecular flexibility index (Phi) is 4.12. The van der Waals surface area contributed by atoms with Gasteiger partial charge in [-0.2, -0.15) is 0 Å². The van der Waals surface area contributed by atoms with Crippen LogP contribution in [0.4, 0.5) is 0 Å². The van der Waals surface area contributed by atoms with Crippen molar-refractivity contribution in [2.75, 3.05) is 18.8 Å². The molecule has 0 radical (unpaired) electrons. The molecule has 0 unspecified atom stereocenters. The third-order valence-corrected chi connectivity index (χ3v) is 5.33. The molecule has 1 aliphatic heterocycles. The number of hydrogen-bond acceptors (Lipinski definition) is 2. The second kappa shape index (κ2) is 6.00. The maximum Gasteiger partial charge on any atom is 0.225 e. The lowest BCUT2D eigenvalue weighted by molar-refractivity contribution is -0.133. The Morgan fingerprint density at radius 1 is 1.11 bits per heavy atom. The van der Waals surface area contributed by atoms with Crippen LogP contribution in [0.25, 0.3) is 0 Å². The van der Waals surface area contributed by atoms with E-state index in [-0.39, 0.29) is 0 Å². The van der Waals surface area contributed by atoms with Crippen molar-refractivity contribution in [3.8, 4) is 0 Å². The van der Waals surface area contributed by atoms with Crippen molar-refractivity contribution >= 4 is 17.7 Å². The van der Waals surface area contributed by atoms with Gasteiger partial charge >= 0.3 is 0 Å². The van der Waals surface area contributed by atoms with Crippen LogP contribution in [0.3, 0.4) is 0 Å². The summed E-state index contributed by atoms with van der Waals surface area (Å²) in [5.74, 6) is 2.77. The number of hydrogen-bond donors (Lipinski definition) is 0. The van der Waals surface area contributed by atoms with E-state index in [9.17, 15) is 4.79 Å². The molecule has 1 saturated heterocycles. The summed E-state index contributed by atoms with van der Waals surface area (Å²) in [4.78, 5) is 15.4. The quantitative estimate of drug-likeness (QED) is 0.785. The molecule has 0 bridgehead atoms. The molecule has 19 heavy (non-hydrogen) atoms. The molecular formula is C16H21NOS. The SMILES string of the molecule is O=C(C1CC1)N1CCC(CSc2ccccc2)CC1. The van der Waals surface area contributed by atoms with Crippen LogP contribution >= 0.6 is 11.8 Å². The van der Waals surface area contributed by atoms with E-state index in [4.69, 9.17) is 0 Å². The van der Waals surface area contributed by atoms with Gasteiger partial charge in [-0.15, -0.1) is 11.8 Å². The molecule has 2 nitrogen and oxygen atoms in total. The highest BCUT2D eigenvalue weighted by Crippen LogP contribution is 2.33. The number of carbonyl (C=O) groups excluding carboxylic acids is 1. The summed E-state index contributed by atoms with van der Waals surface area (Å²) >= 11 is 1.95. The second-order valence-corrected chi connectivity index (χ2v) is 6.76. The molecule has 2 aliphatic rings. The summed E-state index contributed by atoms with van der Waals surface area (Å²) in [6.07, 6.45) is 4.61. The number of likely N-dealkylation sites (tertiary alicyclic amines) is 1. The number of nitrogens with zero attached hydrogens (tertiary/aromatic N) is 1. The van der Waals surface area contributed by atoms with Crippen molar-refractivity contribution in [2.45, 2.75) is 30.6 Å². The first-order valence-corrected chi connectivity index (χ1v) is 8.28. The molecule has 1 amide bonds. The van der Waals surface area contributed by atoms with E-state index in [0.29, 0.717) is 11.8 Å². The lowest BCUT2D eigenvalue weighted by atomic mass is 9.98. The first-order chi connectivity index (χ1) is 9.33. The highest BCUT2D eigenvalue weighted by atomic mass is 32.2. The summed E-state index contributed by atoms with van der Waals surface area (Å²) in [5.41, 5.74) is 0. The van der Waals surface area contributed by atoms with Crippen LogP contribution in [0.1, 0.15) is 25.7 Å². The number of rotatable bonds is 4. The fourth-order valence-electron chi connectivity index (χ4n) is 2.64. The Labute approximate surface area is 119 Å². The standard InChI is InChI=1S/C16H21NOS/c18-16(14-6-7-14)17-10-8-13(9-11-17)12-19-15-4-2-1-3-5-15/h1-5,13-14H,6-12H2. The largest absolute Gasteiger partial charge is 0.342 e. The monoisotopic (exact) mass is 275 g/mol. The van der Waals surface area contributed by atoms with Crippen molar-refractivity contribution in [2.24, 2.45) is 11.8 Å². The highest BCUT2D eigenvalue weighted by molar-refractivity contribution is 7.99. The summed E-state index contributed by atoms with van der Waals surface area (Å²) in [6, 6.07) is 10.6. The maximum atomic E-state index is 12.0. The van der Waals surface area contributed by atoms with Crippen LogP contribution in [-0.2, 0) is 4.79 Å². The smallest absolute Gasteiger partial charge is 0.225 e. The number of thioether (sulfide) groups is 1. The molecule has 2 fully saturated rings. The molecular weight excluding hydrogens is 254 g/mol. The minimum Gasteiger partial charge on any atom is -0.342 e. The van der Waals surface area contributed by atoms with Gasteiger partial charge in [0.05, 0.1) is 0 Å². The average molecular weight is 275 g/mol. The second-order valence-electron chi connectivity index (χ2n) is 5.67. The fourth-order valence-corrected chi connectivity index (χ4v) is 3.75. The lowest BCUT2D eigenvalue weighted by Gasteiger charge is -2.32. The molecule has 1 aromatic carbocycles. The van der Waals surface area contributed by atoms with E-state index in [0.717, 1.165) is 31.8 Å². The van der Waals surface area contributed by atoms with Crippen molar-refractivity contribution < 1.29 is 4.79 Å². The summed E-state index contributed by atoms with van der Waals surface area (Å²) in [5, 5.41) is 0. The van der Waals surface area contributed by atoms with Gasteiger partial charge in [-0.25, -0.2) is 0 Å². The van der Waals surface area contributed by atoms with Crippen LogP contribution in [0.15, 0.2) is 35.2 Å². The van der Waals surface area contributed by atoms with Crippen LogP contribution in [0, 0.1) is 11.8 Å². The van der Waals surface area contributed by atoms with Crippen LogP contribution in [-0.4, -0.2) is 29.6 Å². The molecule has 0 N–H and O–H groups in total. The molecule has 3 heteroatoms. The molecule has 1 heterocycles. The van der Waals surface area contributed by atoms with Crippen LogP contribution < -0.4 is 0 Å². The van der Waals surface area contributed by atoms with Crippen LogP contribution in [0.5, 0.6) is 0 Å². The predicted octanol–water partition coefficient (Wildman–Crippen LogP) is 3.43. The topological polar surface area (TPSA) is 20.3 Å². The number of carbonyl (C=O) groups is 1. The Bertz CT molecular complexity index is 422. The van der Waals surface area contributed by atoms with Crippen molar-refractivity contribution in [1.29, 1.82) is 0 Å². The maximum absolute atomic E-state index is 12.0. The fraction of sp³-hybridized carbons (Fsp3) is 0.562. The number of benzene rings is 1. The molecule has 0 aromatic heterocycles. The summed E-state index contributed by atoms with van der Waals surface area (Å²) in [6.45, 7) is 1.96. The predicted molar refractivity (Wildman–Crippen MR) is 79.2 cm³/mol. The van der Waals surface area contributed by atoms with E-state index in [1.807, 2.05) is 11.8 Å². The first kappa shape index (κ1) is 13.0. The van der Waals surface area contributed by atoms with Crippen molar-refractivity contribution in [3.05, 3.63) is 30.3 Å². The first-order valence-electron chi connectivity index (χ1n) is 7.29. The number of piperidine rings is 1. The highest BCUT2D eigenvalue weighted by Gasteiger charge is 2.34. The van der Waals surface area contributed by atoms with Gasteiger partial charge in [0, 0.05) is 29.7 Å². The van der Waals surface area contributed by atoms with E-state index in [1.165, 1.54) is 23.5 Å². The minimum atomic E-state index is 0.384. The van der Waals surface area contributed by atoms with Gasteiger partial charge in [0.1, 0.15) is 0 Å². The molecule has 0 spiro atoms. The molecule has 1 saturated carbocycles. The average Bonchev–Trinajstić information content (AvgIpc) is 3.31. The minimum absolute atomic E-state index is 0.384. The molecule has 0 atom stereocenters. The Balaban J connectivity index is 1.41. The zero-order valence-electron chi connectivity index (χ0n) is 11.3. The Hall–Kier alpha value is -0.960. The van der Waals surface area contributed by atoms with E-state index < -0.39 is 0 Å².